The van der Waals surface area contributed by atoms with Crippen LogP contribution >= 0.6 is 0 Å². The highest BCUT2D eigenvalue weighted by molar-refractivity contribution is 6.03. The normalized spacial score (nSPS) is 52.9. The van der Waals surface area contributed by atoms with Crippen LogP contribution in [0.1, 0.15) is 99.3 Å². The Kier molecular flexibility index (Phi) is 5.40. The fraction of sp³-hybridized carbons (Fsp3) is 0.867. The molecule has 0 aliphatic heterocycles. The standard InChI is InChI=1S/C30H46O5/c1-25(2)11-13-30(17-31)14-12-27(4)18(19(30)15-25)7-8-21-26(3)10-9-22(33)29(6,24(34)35)23(26)20(32)16-28(21,27)5/h7,19-21,23,31-32H,8-17H2,1-6H3,(H,34,35)/t19-,20+,21+,23+,26+,27+,28+,29+,30+/m0/s1. The van der Waals surface area contributed by atoms with Crippen LogP contribution in [0.2, 0.25) is 0 Å². The van der Waals surface area contributed by atoms with Gasteiger partial charge in [0.25, 0.3) is 0 Å². The van der Waals surface area contributed by atoms with E-state index in [4.69, 9.17) is 0 Å². The molecule has 0 saturated heterocycles. The van der Waals surface area contributed by atoms with Crippen molar-refractivity contribution in [3.63, 3.8) is 0 Å². The number of carboxylic acids is 1. The lowest BCUT2D eigenvalue weighted by atomic mass is 9.33. The Balaban J connectivity index is 1.63. The quantitative estimate of drug-likeness (QED) is 0.360. The number of ketones is 1. The average molecular weight is 487 g/mol. The molecule has 196 valence electrons. The Hall–Kier alpha value is -1.20. The average Bonchev–Trinajstić information content (AvgIpc) is 2.76. The maximum absolute atomic E-state index is 13.0. The second-order valence-corrected chi connectivity index (χ2v) is 14.8. The monoisotopic (exact) mass is 486 g/mol. The molecule has 3 N–H and O–H groups in total. The lowest BCUT2D eigenvalue weighted by Gasteiger charge is -2.71. The van der Waals surface area contributed by atoms with Crippen LogP contribution in [0, 0.1) is 50.2 Å². The van der Waals surface area contributed by atoms with Crippen LogP contribution in [0.15, 0.2) is 11.6 Å². The van der Waals surface area contributed by atoms with Crippen molar-refractivity contribution in [1.82, 2.24) is 0 Å². The summed E-state index contributed by atoms with van der Waals surface area (Å²) in [6, 6.07) is 0. The first-order valence-electron chi connectivity index (χ1n) is 13.9. The zero-order valence-electron chi connectivity index (χ0n) is 22.6. The van der Waals surface area contributed by atoms with Crippen LogP contribution in [0.4, 0.5) is 0 Å². The molecule has 0 heterocycles. The summed E-state index contributed by atoms with van der Waals surface area (Å²) in [5.74, 6) is -1.33. The third-order valence-corrected chi connectivity index (χ3v) is 12.9. The third-order valence-electron chi connectivity index (χ3n) is 12.9. The lowest BCUT2D eigenvalue weighted by molar-refractivity contribution is -0.226. The van der Waals surface area contributed by atoms with Crippen molar-refractivity contribution in [3.05, 3.63) is 11.6 Å². The molecule has 0 bridgehead atoms. The van der Waals surface area contributed by atoms with Gasteiger partial charge in [-0.05, 0) is 91.8 Å². The molecule has 4 fully saturated rings. The zero-order chi connectivity index (χ0) is 25.8. The molecular formula is C30H46O5. The molecule has 0 aromatic rings. The molecular weight excluding hydrogens is 440 g/mol. The van der Waals surface area contributed by atoms with Gasteiger partial charge in [-0.25, -0.2) is 0 Å². The minimum absolute atomic E-state index is 0.0388. The molecule has 0 unspecified atom stereocenters. The molecule has 9 atom stereocenters. The van der Waals surface area contributed by atoms with E-state index < -0.39 is 28.8 Å². The molecule has 5 nitrogen and oxygen atoms in total. The van der Waals surface area contributed by atoms with Crippen molar-refractivity contribution >= 4 is 11.8 Å². The number of Topliss-reactive ketones (excluding diaryl/α,β-unsaturated/α-hetero) is 1. The molecule has 5 rings (SSSR count). The molecule has 5 heteroatoms. The van der Waals surface area contributed by atoms with Crippen molar-refractivity contribution in [3.8, 4) is 0 Å². The highest BCUT2D eigenvalue weighted by Crippen LogP contribution is 2.75. The summed E-state index contributed by atoms with van der Waals surface area (Å²) in [5, 5.41) is 32.6. The van der Waals surface area contributed by atoms with Crippen LogP contribution in [0.25, 0.3) is 0 Å². The van der Waals surface area contributed by atoms with E-state index in [9.17, 15) is 24.9 Å². The minimum atomic E-state index is -1.54. The number of aliphatic hydroxyl groups excluding tert-OH is 2. The largest absolute Gasteiger partial charge is 0.480 e. The number of carbonyl (C=O) groups is 2. The molecule has 0 spiro atoms. The summed E-state index contributed by atoms with van der Waals surface area (Å²) in [5.41, 5.74) is -0.556. The number of aliphatic carboxylic acids is 1. The summed E-state index contributed by atoms with van der Waals surface area (Å²) in [6.45, 7) is 13.4. The first-order chi connectivity index (χ1) is 16.1. The Labute approximate surface area is 210 Å². The summed E-state index contributed by atoms with van der Waals surface area (Å²) in [6.07, 6.45) is 9.25. The van der Waals surface area contributed by atoms with Gasteiger partial charge in [-0.15, -0.1) is 0 Å². The van der Waals surface area contributed by atoms with E-state index in [1.54, 1.807) is 6.92 Å². The van der Waals surface area contributed by atoms with Gasteiger partial charge in [0.05, 0.1) is 6.10 Å². The lowest BCUT2D eigenvalue weighted by Crippen LogP contribution is -2.69. The Bertz CT molecular complexity index is 983. The molecule has 35 heavy (non-hydrogen) atoms. The summed E-state index contributed by atoms with van der Waals surface area (Å²) >= 11 is 0. The maximum Gasteiger partial charge on any atom is 0.317 e. The van der Waals surface area contributed by atoms with Gasteiger partial charge >= 0.3 is 5.97 Å². The van der Waals surface area contributed by atoms with Crippen LogP contribution in [0.5, 0.6) is 0 Å². The number of hydrogen-bond donors (Lipinski definition) is 3. The fourth-order valence-electron chi connectivity index (χ4n) is 10.6. The van der Waals surface area contributed by atoms with E-state index in [0.29, 0.717) is 18.8 Å². The van der Waals surface area contributed by atoms with Gasteiger partial charge in [0.2, 0.25) is 0 Å². The number of aliphatic hydroxyl groups is 2. The van der Waals surface area contributed by atoms with Crippen LogP contribution in [-0.4, -0.2) is 39.8 Å². The highest BCUT2D eigenvalue weighted by Gasteiger charge is 2.72. The van der Waals surface area contributed by atoms with E-state index in [-0.39, 0.29) is 46.4 Å². The van der Waals surface area contributed by atoms with Gasteiger partial charge in [0.15, 0.2) is 0 Å². The van der Waals surface area contributed by atoms with E-state index >= 15 is 0 Å². The van der Waals surface area contributed by atoms with Gasteiger partial charge in [-0.2, -0.15) is 0 Å². The minimum Gasteiger partial charge on any atom is -0.480 e. The number of carboxylic acid groups (broad SMARTS) is 1. The zero-order valence-corrected chi connectivity index (χ0v) is 22.6. The number of rotatable bonds is 2. The van der Waals surface area contributed by atoms with Crippen molar-refractivity contribution in [2.24, 2.45) is 50.2 Å². The van der Waals surface area contributed by atoms with Gasteiger partial charge < -0.3 is 15.3 Å². The Morgan fingerprint density at radius 2 is 1.66 bits per heavy atom. The van der Waals surface area contributed by atoms with Gasteiger partial charge in [0, 0.05) is 24.4 Å². The first kappa shape index (κ1) is 25.4. The van der Waals surface area contributed by atoms with Gasteiger partial charge in [-0.1, -0.05) is 46.3 Å². The number of carbonyl (C=O) groups excluding carboxylic acids is 1. The van der Waals surface area contributed by atoms with E-state index in [0.717, 1.165) is 38.5 Å². The third kappa shape index (κ3) is 3.00. The topological polar surface area (TPSA) is 94.8 Å². The second kappa shape index (κ2) is 7.43. The van der Waals surface area contributed by atoms with Crippen molar-refractivity contribution in [2.45, 2.75) is 105 Å². The second-order valence-electron chi connectivity index (χ2n) is 14.8. The first-order valence-corrected chi connectivity index (χ1v) is 13.9. The van der Waals surface area contributed by atoms with Crippen LogP contribution < -0.4 is 0 Å². The van der Waals surface area contributed by atoms with E-state index in [1.165, 1.54) is 5.57 Å². The van der Waals surface area contributed by atoms with E-state index in [2.05, 4.69) is 40.7 Å². The van der Waals surface area contributed by atoms with E-state index in [1.807, 2.05) is 0 Å². The Morgan fingerprint density at radius 3 is 2.29 bits per heavy atom. The van der Waals surface area contributed by atoms with Gasteiger partial charge in [0.1, 0.15) is 11.2 Å². The molecule has 0 aromatic heterocycles. The fourth-order valence-corrected chi connectivity index (χ4v) is 10.6. The molecule has 5 aliphatic rings. The summed E-state index contributed by atoms with van der Waals surface area (Å²) in [7, 11) is 0. The van der Waals surface area contributed by atoms with Crippen LogP contribution in [0.3, 0.4) is 0 Å². The number of allylic oxidation sites excluding steroid dienone is 2. The number of hydrogen-bond acceptors (Lipinski definition) is 4. The molecule has 0 radical (unpaired) electrons. The molecule has 4 saturated carbocycles. The van der Waals surface area contributed by atoms with Crippen molar-refractivity contribution in [2.75, 3.05) is 6.61 Å². The Morgan fingerprint density at radius 1 is 1.00 bits per heavy atom. The molecule has 0 amide bonds. The predicted octanol–water partition coefficient (Wildman–Crippen LogP) is 5.39. The smallest absolute Gasteiger partial charge is 0.317 e. The van der Waals surface area contributed by atoms with Crippen LogP contribution in [-0.2, 0) is 9.59 Å². The maximum atomic E-state index is 13.0. The summed E-state index contributed by atoms with van der Waals surface area (Å²) in [4.78, 5) is 25.5. The number of fused-ring (bicyclic) bond motifs is 7. The predicted molar refractivity (Wildman–Crippen MR) is 134 cm³/mol. The van der Waals surface area contributed by atoms with Gasteiger partial charge in [-0.3, -0.25) is 9.59 Å². The highest BCUT2D eigenvalue weighted by atomic mass is 16.4. The van der Waals surface area contributed by atoms with Crippen molar-refractivity contribution in [1.29, 1.82) is 0 Å². The van der Waals surface area contributed by atoms with Crippen molar-refractivity contribution < 1.29 is 24.9 Å². The molecule has 5 aliphatic carbocycles. The SMILES string of the molecule is CC1(C)CC[C@]2(CO)CC[C@]3(C)C(=CC[C@@H]4[C@@]5(C)CCC(=O)[C@@](C)(C(=O)O)[C@@H]5[C@H](O)C[C@]43C)[C@@H]2C1. The molecule has 0 aromatic carbocycles. The summed E-state index contributed by atoms with van der Waals surface area (Å²) < 4.78 is 0.